The molecule has 35 heavy (non-hydrogen) atoms. The second kappa shape index (κ2) is 8.82. The fourth-order valence-electron chi connectivity index (χ4n) is 3.54. The average molecular weight is 496 g/mol. The lowest BCUT2D eigenvalue weighted by atomic mass is 9.97. The highest BCUT2D eigenvalue weighted by molar-refractivity contribution is 5.39. The van der Waals surface area contributed by atoms with Crippen molar-refractivity contribution in [3.8, 4) is 17.4 Å². The Labute approximate surface area is 196 Å². The highest BCUT2D eigenvalue weighted by Crippen LogP contribution is 2.33. The molecule has 1 aliphatic heterocycles. The SMILES string of the molecule is CN1c2nc(OCc3cc(F)c(Oc4ccnc(C(F)(F)F)c4)c(F)c3)cc(=O)n2CCC1(C)C. The smallest absolute Gasteiger partial charge is 0.433 e. The Morgan fingerprint density at radius 2 is 1.80 bits per heavy atom. The van der Waals surface area contributed by atoms with E-state index < -0.39 is 35.0 Å². The molecule has 4 rings (SSSR count). The zero-order chi connectivity index (χ0) is 25.5. The molecular weight excluding hydrogens is 475 g/mol. The molecule has 2 aromatic heterocycles. The molecule has 3 heterocycles. The minimum absolute atomic E-state index is 0.0107. The number of hydrogen-bond acceptors (Lipinski definition) is 6. The topological polar surface area (TPSA) is 69.5 Å². The van der Waals surface area contributed by atoms with Gasteiger partial charge in [-0.1, -0.05) is 0 Å². The van der Waals surface area contributed by atoms with Crippen LogP contribution in [0.1, 0.15) is 31.5 Å². The molecule has 0 radical (unpaired) electrons. The first kappa shape index (κ1) is 24.4. The zero-order valence-corrected chi connectivity index (χ0v) is 19.0. The van der Waals surface area contributed by atoms with E-state index in [2.05, 4.69) is 9.97 Å². The largest absolute Gasteiger partial charge is 0.473 e. The van der Waals surface area contributed by atoms with E-state index in [0.29, 0.717) is 18.6 Å². The Balaban J connectivity index is 1.52. The van der Waals surface area contributed by atoms with Crippen molar-refractivity contribution in [1.82, 2.24) is 14.5 Å². The van der Waals surface area contributed by atoms with Crippen LogP contribution >= 0.6 is 0 Å². The van der Waals surface area contributed by atoms with Crippen molar-refractivity contribution in [3.05, 3.63) is 69.8 Å². The van der Waals surface area contributed by atoms with E-state index >= 15 is 0 Å². The van der Waals surface area contributed by atoms with Crippen molar-refractivity contribution < 1.29 is 31.4 Å². The third-order valence-corrected chi connectivity index (χ3v) is 5.81. The lowest BCUT2D eigenvalue weighted by Crippen LogP contribution is -2.49. The molecule has 0 saturated heterocycles. The minimum Gasteiger partial charge on any atom is -0.473 e. The molecule has 0 amide bonds. The first-order valence-electron chi connectivity index (χ1n) is 10.5. The van der Waals surface area contributed by atoms with Crippen LogP contribution in [-0.2, 0) is 19.3 Å². The summed E-state index contributed by atoms with van der Waals surface area (Å²) in [6.07, 6.45) is -3.17. The number of pyridine rings is 1. The quantitative estimate of drug-likeness (QED) is 0.467. The predicted octanol–water partition coefficient (Wildman–Crippen LogP) is 4.93. The van der Waals surface area contributed by atoms with E-state index in [1.807, 2.05) is 25.8 Å². The maximum absolute atomic E-state index is 14.5. The van der Waals surface area contributed by atoms with Crippen LogP contribution in [0.5, 0.6) is 17.4 Å². The Kier molecular flexibility index (Phi) is 6.16. The van der Waals surface area contributed by atoms with Gasteiger partial charge in [0.25, 0.3) is 5.56 Å². The first-order chi connectivity index (χ1) is 16.3. The molecule has 12 heteroatoms. The molecule has 0 fully saturated rings. The molecule has 0 spiro atoms. The monoisotopic (exact) mass is 496 g/mol. The third-order valence-electron chi connectivity index (χ3n) is 5.81. The average Bonchev–Trinajstić information content (AvgIpc) is 2.77. The van der Waals surface area contributed by atoms with E-state index in [1.54, 1.807) is 0 Å². The van der Waals surface area contributed by atoms with Crippen molar-refractivity contribution in [2.75, 3.05) is 11.9 Å². The molecule has 0 atom stereocenters. The summed E-state index contributed by atoms with van der Waals surface area (Å²) in [5.74, 6) is -3.19. The summed E-state index contributed by atoms with van der Waals surface area (Å²) in [6.45, 7) is 4.21. The summed E-state index contributed by atoms with van der Waals surface area (Å²) < 4.78 is 79.6. The molecule has 3 aromatic rings. The summed E-state index contributed by atoms with van der Waals surface area (Å²) in [7, 11) is 1.81. The summed E-state index contributed by atoms with van der Waals surface area (Å²) in [6, 6.07) is 4.62. The van der Waals surface area contributed by atoms with Crippen molar-refractivity contribution in [3.63, 3.8) is 0 Å². The molecular formula is C23H21F5N4O3. The van der Waals surface area contributed by atoms with Crippen LogP contribution < -0.4 is 19.9 Å². The molecule has 7 nitrogen and oxygen atoms in total. The van der Waals surface area contributed by atoms with Gasteiger partial charge >= 0.3 is 6.18 Å². The van der Waals surface area contributed by atoms with E-state index in [9.17, 15) is 26.7 Å². The molecule has 186 valence electrons. The van der Waals surface area contributed by atoms with Gasteiger partial charge < -0.3 is 14.4 Å². The Hall–Kier alpha value is -3.70. The molecule has 0 unspecified atom stereocenters. The van der Waals surface area contributed by atoms with Gasteiger partial charge in [-0.15, -0.1) is 0 Å². The van der Waals surface area contributed by atoms with Crippen LogP contribution in [0.25, 0.3) is 0 Å². The maximum Gasteiger partial charge on any atom is 0.433 e. The highest BCUT2D eigenvalue weighted by Gasteiger charge is 2.33. The Bertz CT molecular complexity index is 1300. The number of rotatable bonds is 5. The van der Waals surface area contributed by atoms with Crippen LogP contribution in [0.15, 0.2) is 41.3 Å². The predicted molar refractivity (Wildman–Crippen MR) is 116 cm³/mol. The number of ether oxygens (including phenoxy) is 2. The molecule has 0 bridgehead atoms. The van der Waals surface area contributed by atoms with Gasteiger partial charge in [0.1, 0.15) is 18.1 Å². The number of halogens is 5. The van der Waals surface area contributed by atoms with Crippen molar-refractivity contribution in [2.24, 2.45) is 0 Å². The van der Waals surface area contributed by atoms with E-state index in [1.165, 1.54) is 10.6 Å². The normalized spacial score (nSPS) is 15.0. The number of alkyl halides is 3. The number of nitrogens with zero attached hydrogens (tertiary/aromatic N) is 4. The van der Waals surface area contributed by atoms with Gasteiger partial charge in [0.05, 0.1) is 6.07 Å². The summed E-state index contributed by atoms with van der Waals surface area (Å²) in [4.78, 5) is 21.9. The summed E-state index contributed by atoms with van der Waals surface area (Å²) >= 11 is 0. The molecule has 0 saturated carbocycles. The lowest BCUT2D eigenvalue weighted by Gasteiger charge is -2.41. The molecule has 0 N–H and O–H groups in total. The second-order valence-corrected chi connectivity index (χ2v) is 8.66. The van der Waals surface area contributed by atoms with Gasteiger partial charge in [-0.05, 0) is 44.0 Å². The van der Waals surface area contributed by atoms with Gasteiger partial charge in [0.2, 0.25) is 11.8 Å². The Morgan fingerprint density at radius 3 is 2.46 bits per heavy atom. The van der Waals surface area contributed by atoms with E-state index in [-0.39, 0.29) is 29.1 Å². The summed E-state index contributed by atoms with van der Waals surface area (Å²) in [5, 5.41) is 0. The fraction of sp³-hybridized carbons (Fsp3) is 0.348. The van der Waals surface area contributed by atoms with Crippen LogP contribution in [0.2, 0.25) is 0 Å². The van der Waals surface area contributed by atoms with Gasteiger partial charge in [-0.2, -0.15) is 18.2 Å². The molecule has 0 aliphatic carbocycles. The number of fused-ring (bicyclic) bond motifs is 1. The Morgan fingerprint density at radius 1 is 1.11 bits per heavy atom. The third kappa shape index (κ3) is 5.05. The van der Waals surface area contributed by atoms with Gasteiger partial charge in [0, 0.05) is 31.4 Å². The number of aromatic nitrogens is 3. The van der Waals surface area contributed by atoms with E-state index in [4.69, 9.17) is 9.47 Å². The lowest BCUT2D eigenvalue weighted by molar-refractivity contribution is -0.141. The van der Waals surface area contributed by atoms with Gasteiger partial charge in [-0.3, -0.25) is 14.3 Å². The summed E-state index contributed by atoms with van der Waals surface area (Å²) in [5.41, 5.74) is -1.74. The highest BCUT2D eigenvalue weighted by atomic mass is 19.4. The van der Waals surface area contributed by atoms with Crippen LogP contribution in [0.3, 0.4) is 0 Å². The fourth-order valence-corrected chi connectivity index (χ4v) is 3.54. The standard InChI is InChI=1S/C23H21F5N4O3/c1-22(2)5-7-32-19(33)11-18(30-21(32)31(22)3)34-12-13-8-15(24)20(16(25)9-13)35-14-4-6-29-17(10-14)23(26,27)28/h4,6,8-11H,5,7,12H2,1-3H3. The van der Waals surface area contributed by atoms with E-state index in [0.717, 1.165) is 30.8 Å². The van der Waals surface area contributed by atoms with Crippen molar-refractivity contribution in [1.29, 1.82) is 0 Å². The number of anilines is 1. The minimum atomic E-state index is -4.74. The second-order valence-electron chi connectivity index (χ2n) is 8.66. The zero-order valence-electron chi connectivity index (χ0n) is 19.0. The van der Waals surface area contributed by atoms with Crippen LogP contribution in [0, 0.1) is 11.6 Å². The molecule has 1 aromatic carbocycles. The van der Waals surface area contributed by atoms with Crippen LogP contribution in [0.4, 0.5) is 27.9 Å². The van der Waals surface area contributed by atoms with Gasteiger partial charge in [0.15, 0.2) is 17.4 Å². The number of benzene rings is 1. The first-order valence-corrected chi connectivity index (χ1v) is 10.5. The maximum atomic E-state index is 14.5. The molecule has 1 aliphatic rings. The van der Waals surface area contributed by atoms with Crippen molar-refractivity contribution >= 4 is 5.95 Å². The van der Waals surface area contributed by atoms with Crippen molar-refractivity contribution in [2.45, 2.75) is 45.1 Å². The van der Waals surface area contributed by atoms with Crippen LogP contribution in [-0.4, -0.2) is 27.1 Å². The van der Waals surface area contributed by atoms with Gasteiger partial charge in [-0.25, -0.2) is 8.78 Å². The number of hydrogen-bond donors (Lipinski definition) is 0.